The van der Waals surface area contributed by atoms with E-state index in [-0.39, 0.29) is 5.54 Å². The lowest BCUT2D eigenvalue weighted by atomic mass is 9.88. The van der Waals surface area contributed by atoms with E-state index >= 15 is 0 Å². The van der Waals surface area contributed by atoms with Gasteiger partial charge in [-0.25, -0.2) is 0 Å². The summed E-state index contributed by atoms with van der Waals surface area (Å²) in [5.41, 5.74) is 11.6. The molecule has 1 aromatic carbocycles. The van der Waals surface area contributed by atoms with E-state index in [0.29, 0.717) is 0 Å². The van der Waals surface area contributed by atoms with Crippen LogP contribution in [0.15, 0.2) is 28.7 Å². The predicted molar refractivity (Wildman–Crippen MR) is 89.3 cm³/mol. The maximum Gasteiger partial charge on any atom is 0.0766 e. The van der Waals surface area contributed by atoms with Gasteiger partial charge in [0.25, 0.3) is 0 Å². The molecule has 1 aliphatic carbocycles. The first-order valence-electron chi connectivity index (χ1n) is 7.70. The minimum absolute atomic E-state index is 0.267. The maximum absolute atomic E-state index is 6.78. The average Bonchev–Trinajstić information content (AvgIpc) is 2.99. The Bertz CT molecular complexity index is 662. The summed E-state index contributed by atoms with van der Waals surface area (Å²) in [6.07, 6.45) is 3.86. The molecule has 3 rings (SSSR count). The topological polar surface area (TPSA) is 43.8 Å². The van der Waals surface area contributed by atoms with Crippen molar-refractivity contribution in [2.45, 2.75) is 51.6 Å². The molecule has 1 aliphatic rings. The van der Waals surface area contributed by atoms with Crippen LogP contribution >= 0.6 is 15.9 Å². The Hall–Kier alpha value is -1.13. The van der Waals surface area contributed by atoms with E-state index in [1.165, 1.54) is 16.8 Å². The van der Waals surface area contributed by atoms with Crippen molar-refractivity contribution in [3.05, 3.63) is 51.3 Å². The molecule has 112 valence electrons. The molecule has 3 nitrogen and oxygen atoms in total. The number of benzene rings is 1. The molecule has 0 saturated heterocycles. The van der Waals surface area contributed by atoms with E-state index < -0.39 is 0 Å². The largest absolute Gasteiger partial charge is 0.321 e. The van der Waals surface area contributed by atoms with Gasteiger partial charge in [0.2, 0.25) is 0 Å². The van der Waals surface area contributed by atoms with Crippen LogP contribution < -0.4 is 5.73 Å². The number of nitrogens with two attached hydrogens (primary N) is 1. The Morgan fingerprint density at radius 3 is 2.81 bits per heavy atom. The lowest BCUT2D eigenvalue weighted by Crippen LogP contribution is -2.37. The van der Waals surface area contributed by atoms with Gasteiger partial charge in [-0.05, 0) is 53.2 Å². The minimum atomic E-state index is -0.267. The molecule has 4 heteroatoms. The number of hydrogen-bond acceptors (Lipinski definition) is 2. The number of hydrogen-bond donors (Lipinski definition) is 1. The van der Waals surface area contributed by atoms with Crippen LogP contribution in [0.1, 0.15) is 42.8 Å². The lowest BCUT2D eigenvalue weighted by molar-refractivity contribution is 0.419. The number of halogens is 1. The Labute approximate surface area is 134 Å². The van der Waals surface area contributed by atoms with Crippen LogP contribution in [0.25, 0.3) is 0 Å². The van der Waals surface area contributed by atoms with Gasteiger partial charge in [0, 0.05) is 18.5 Å². The zero-order chi connectivity index (χ0) is 15.0. The molecule has 21 heavy (non-hydrogen) atoms. The van der Waals surface area contributed by atoms with Crippen LogP contribution in [0.2, 0.25) is 0 Å². The number of fused-ring (bicyclic) bond motifs is 1. The van der Waals surface area contributed by atoms with Gasteiger partial charge in [0.15, 0.2) is 0 Å². The molecule has 0 bridgehead atoms. The summed E-state index contributed by atoms with van der Waals surface area (Å²) >= 11 is 3.74. The van der Waals surface area contributed by atoms with Crippen molar-refractivity contribution in [2.75, 3.05) is 0 Å². The van der Waals surface area contributed by atoms with E-state index in [1.54, 1.807) is 0 Å². The zero-order valence-electron chi connectivity index (χ0n) is 12.7. The van der Waals surface area contributed by atoms with Gasteiger partial charge < -0.3 is 5.73 Å². The Morgan fingerprint density at radius 2 is 2.10 bits per heavy atom. The van der Waals surface area contributed by atoms with Gasteiger partial charge >= 0.3 is 0 Å². The monoisotopic (exact) mass is 347 g/mol. The van der Waals surface area contributed by atoms with Crippen LogP contribution in [0.4, 0.5) is 0 Å². The molecule has 2 aromatic rings. The molecule has 0 fully saturated rings. The second-order valence-corrected chi connectivity index (χ2v) is 6.66. The summed E-state index contributed by atoms with van der Waals surface area (Å²) in [5, 5.41) is 4.69. The van der Waals surface area contributed by atoms with Crippen molar-refractivity contribution >= 4 is 15.9 Å². The fourth-order valence-electron chi connectivity index (χ4n) is 3.39. The number of rotatable bonds is 4. The third-order valence-corrected chi connectivity index (χ3v) is 5.49. The van der Waals surface area contributed by atoms with Crippen molar-refractivity contribution in [1.29, 1.82) is 0 Å². The Balaban J connectivity index is 2.00. The Morgan fingerprint density at radius 1 is 1.33 bits per heavy atom. The molecule has 1 aromatic heterocycles. The number of nitrogens with zero attached hydrogens (tertiary/aromatic N) is 2. The molecule has 0 spiro atoms. The fraction of sp³-hybridized carbons (Fsp3) is 0.471. The van der Waals surface area contributed by atoms with Crippen molar-refractivity contribution in [1.82, 2.24) is 9.78 Å². The predicted octanol–water partition coefficient (Wildman–Crippen LogP) is 3.57. The van der Waals surface area contributed by atoms with Crippen LogP contribution in [0, 0.1) is 0 Å². The molecular formula is C17H22BrN3. The summed E-state index contributed by atoms with van der Waals surface area (Å²) in [5.74, 6) is 0. The highest BCUT2D eigenvalue weighted by Gasteiger charge is 2.36. The van der Waals surface area contributed by atoms with Crippen LogP contribution in [-0.4, -0.2) is 9.78 Å². The summed E-state index contributed by atoms with van der Waals surface area (Å²) in [6, 6.07) is 8.58. The molecular weight excluding hydrogens is 326 g/mol. The summed E-state index contributed by atoms with van der Waals surface area (Å²) < 4.78 is 3.24. The molecule has 0 aliphatic heterocycles. The molecule has 1 atom stereocenters. The van der Waals surface area contributed by atoms with Gasteiger partial charge in [-0.1, -0.05) is 31.2 Å². The maximum atomic E-state index is 6.78. The van der Waals surface area contributed by atoms with Crippen molar-refractivity contribution < 1.29 is 0 Å². The van der Waals surface area contributed by atoms with Gasteiger partial charge in [-0.2, -0.15) is 5.10 Å². The van der Waals surface area contributed by atoms with E-state index in [9.17, 15) is 0 Å². The third-order valence-electron chi connectivity index (χ3n) is 4.57. The first-order chi connectivity index (χ1) is 10.1. The first-order valence-corrected chi connectivity index (χ1v) is 8.49. The zero-order valence-corrected chi connectivity index (χ0v) is 14.3. The van der Waals surface area contributed by atoms with Crippen molar-refractivity contribution in [3.63, 3.8) is 0 Å². The smallest absolute Gasteiger partial charge is 0.0766 e. The number of aromatic nitrogens is 2. The summed E-state index contributed by atoms with van der Waals surface area (Å²) in [6.45, 7) is 5.15. The average molecular weight is 348 g/mol. The Kier molecular flexibility index (Phi) is 3.93. The fourth-order valence-corrected chi connectivity index (χ4v) is 4.09. The van der Waals surface area contributed by atoms with Gasteiger partial charge in [0.05, 0.1) is 15.9 Å². The second-order valence-electron chi connectivity index (χ2n) is 5.87. The van der Waals surface area contributed by atoms with Crippen LogP contribution in [0.5, 0.6) is 0 Å². The third kappa shape index (κ3) is 2.44. The SMILES string of the molecule is CCc1nn(CC)c(CC2(N)CCc3ccccc32)c1Br. The lowest BCUT2D eigenvalue weighted by Gasteiger charge is -2.26. The molecule has 0 saturated carbocycles. The quantitative estimate of drug-likeness (QED) is 0.918. The van der Waals surface area contributed by atoms with E-state index in [4.69, 9.17) is 10.8 Å². The minimum Gasteiger partial charge on any atom is -0.321 e. The molecule has 0 amide bonds. The van der Waals surface area contributed by atoms with Crippen molar-refractivity contribution in [2.24, 2.45) is 5.73 Å². The summed E-state index contributed by atoms with van der Waals surface area (Å²) in [7, 11) is 0. The summed E-state index contributed by atoms with van der Waals surface area (Å²) in [4.78, 5) is 0. The van der Waals surface area contributed by atoms with E-state index in [0.717, 1.165) is 42.4 Å². The standard InChI is InChI=1S/C17H22BrN3/c1-3-14-16(18)15(21(4-2)20-14)11-17(19)10-9-12-7-5-6-8-13(12)17/h5-8H,3-4,9-11,19H2,1-2H3. The molecule has 1 heterocycles. The number of aryl methyl sites for hydroxylation is 3. The highest BCUT2D eigenvalue weighted by molar-refractivity contribution is 9.10. The van der Waals surface area contributed by atoms with Gasteiger partial charge in [0.1, 0.15) is 0 Å². The molecule has 2 N–H and O–H groups in total. The van der Waals surface area contributed by atoms with Crippen LogP contribution in [-0.2, 0) is 31.3 Å². The second kappa shape index (κ2) is 5.58. The molecule has 1 unspecified atom stereocenters. The first kappa shape index (κ1) is 14.8. The normalized spacial score (nSPS) is 20.8. The van der Waals surface area contributed by atoms with E-state index in [1.807, 2.05) is 0 Å². The van der Waals surface area contributed by atoms with Crippen molar-refractivity contribution in [3.8, 4) is 0 Å². The van der Waals surface area contributed by atoms with Gasteiger partial charge in [-0.3, -0.25) is 4.68 Å². The van der Waals surface area contributed by atoms with E-state index in [2.05, 4.69) is 58.7 Å². The highest BCUT2D eigenvalue weighted by atomic mass is 79.9. The highest BCUT2D eigenvalue weighted by Crippen LogP contribution is 2.39. The van der Waals surface area contributed by atoms with Crippen LogP contribution in [0.3, 0.4) is 0 Å². The molecule has 0 radical (unpaired) electrons. The van der Waals surface area contributed by atoms with Gasteiger partial charge in [-0.15, -0.1) is 0 Å².